The third-order valence-corrected chi connectivity index (χ3v) is 4.67. The van der Waals surface area contributed by atoms with Gasteiger partial charge in [-0.25, -0.2) is 0 Å². The van der Waals surface area contributed by atoms with Crippen LogP contribution in [0.15, 0.2) is 42.5 Å². The van der Waals surface area contributed by atoms with Crippen molar-refractivity contribution in [3.05, 3.63) is 58.6 Å². The maximum Gasteiger partial charge on any atom is 0.240 e. The van der Waals surface area contributed by atoms with Gasteiger partial charge < -0.3 is 10.6 Å². The van der Waals surface area contributed by atoms with Gasteiger partial charge in [0.05, 0.1) is 0 Å². The standard InChI is InChI=1S/C17H13ClN2O2/c18-12-5-6-14-11(7-12)9-17(16(22)20-14)8-10-3-1-2-4-13(10)19-15(17)21/h1-7H,8-9H2,(H,19,21)(H,20,22). The van der Waals surface area contributed by atoms with E-state index in [-0.39, 0.29) is 11.8 Å². The quantitative estimate of drug-likeness (QED) is 0.735. The number of halogens is 1. The Balaban J connectivity index is 1.81. The van der Waals surface area contributed by atoms with Gasteiger partial charge in [0.1, 0.15) is 5.41 Å². The molecule has 2 amide bonds. The summed E-state index contributed by atoms with van der Waals surface area (Å²) in [5.41, 5.74) is 2.27. The SMILES string of the molecule is O=C1Nc2ccccc2CC12Cc1cc(Cl)ccc1NC2=O. The summed E-state index contributed by atoms with van der Waals surface area (Å²) < 4.78 is 0. The molecule has 5 heteroatoms. The Labute approximate surface area is 132 Å². The highest BCUT2D eigenvalue weighted by atomic mass is 35.5. The Hall–Kier alpha value is -2.33. The molecular formula is C17H13ClN2O2. The van der Waals surface area contributed by atoms with E-state index >= 15 is 0 Å². The Morgan fingerprint density at radius 3 is 2.27 bits per heavy atom. The van der Waals surface area contributed by atoms with E-state index in [9.17, 15) is 9.59 Å². The Kier molecular flexibility index (Phi) is 2.78. The van der Waals surface area contributed by atoms with Crippen LogP contribution in [0.3, 0.4) is 0 Å². The highest BCUT2D eigenvalue weighted by Gasteiger charge is 2.51. The van der Waals surface area contributed by atoms with Crippen molar-refractivity contribution in [3.63, 3.8) is 0 Å². The first-order valence-corrected chi connectivity index (χ1v) is 7.45. The Morgan fingerprint density at radius 1 is 0.864 bits per heavy atom. The summed E-state index contributed by atoms with van der Waals surface area (Å²) in [6.07, 6.45) is 0.752. The number of hydrogen-bond donors (Lipinski definition) is 2. The van der Waals surface area contributed by atoms with E-state index in [4.69, 9.17) is 11.6 Å². The van der Waals surface area contributed by atoms with E-state index in [1.54, 1.807) is 12.1 Å². The number of nitrogens with one attached hydrogen (secondary N) is 2. The number of carbonyl (C=O) groups is 2. The monoisotopic (exact) mass is 312 g/mol. The van der Waals surface area contributed by atoms with Gasteiger partial charge in [-0.15, -0.1) is 0 Å². The molecule has 2 aliphatic heterocycles. The lowest BCUT2D eigenvalue weighted by Gasteiger charge is -2.39. The number of fused-ring (bicyclic) bond motifs is 2. The highest BCUT2D eigenvalue weighted by molar-refractivity contribution is 6.31. The van der Waals surface area contributed by atoms with Crippen molar-refractivity contribution in [2.24, 2.45) is 5.41 Å². The lowest BCUT2D eigenvalue weighted by Crippen LogP contribution is -2.53. The second-order valence-corrected chi connectivity index (χ2v) is 6.24. The van der Waals surface area contributed by atoms with Gasteiger partial charge in [-0.2, -0.15) is 0 Å². The summed E-state index contributed by atoms with van der Waals surface area (Å²) in [5, 5.41) is 6.31. The molecule has 0 saturated heterocycles. The molecule has 1 spiro atoms. The van der Waals surface area contributed by atoms with Crippen LogP contribution in [0.2, 0.25) is 5.02 Å². The van der Waals surface area contributed by atoms with Crippen molar-refractivity contribution < 1.29 is 9.59 Å². The number of hydrogen-bond acceptors (Lipinski definition) is 2. The number of amides is 2. The lowest BCUT2D eigenvalue weighted by atomic mass is 9.70. The molecule has 0 bridgehead atoms. The van der Waals surface area contributed by atoms with Crippen LogP contribution in [0.5, 0.6) is 0 Å². The molecule has 1 unspecified atom stereocenters. The van der Waals surface area contributed by atoms with Crippen LogP contribution >= 0.6 is 11.6 Å². The molecule has 2 aliphatic rings. The second-order valence-electron chi connectivity index (χ2n) is 5.80. The molecule has 2 N–H and O–H groups in total. The molecule has 0 fully saturated rings. The van der Waals surface area contributed by atoms with Crippen molar-refractivity contribution in [2.75, 3.05) is 10.6 Å². The number of benzene rings is 2. The molecular weight excluding hydrogens is 300 g/mol. The molecule has 2 aromatic carbocycles. The zero-order chi connectivity index (χ0) is 15.3. The van der Waals surface area contributed by atoms with Crippen molar-refractivity contribution in [1.82, 2.24) is 0 Å². The first kappa shape index (κ1) is 13.3. The molecule has 0 aromatic heterocycles. The second kappa shape index (κ2) is 4.58. The van der Waals surface area contributed by atoms with Crippen molar-refractivity contribution in [2.45, 2.75) is 12.8 Å². The summed E-state index contributed by atoms with van der Waals surface area (Å²) in [7, 11) is 0. The third kappa shape index (κ3) is 1.84. The minimum absolute atomic E-state index is 0.255. The minimum atomic E-state index is -1.11. The maximum atomic E-state index is 12.6. The maximum absolute atomic E-state index is 12.6. The van der Waals surface area contributed by atoms with Crippen molar-refractivity contribution in [3.8, 4) is 0 Å². The molecule has 0 radical (unpaired) electrons. The lowest BCUT2D eigenvalue weighted by molar-refractivity contribution is -0.138. The van der Waals surface area contributed by atoms with Crippen LogP contribution < -0.4 is 10.6 Å². The average molecular weight is 313 g/mol. The molecule has 2 aromatic rings. The highest BCUT2D eigenvalue weighted by Crippen LogP contribution is 2.42. The molecule has 2 heterocycles. The third-order valence-electron chi connectivity index (χ3n) is 4.43. The number of rotatable bonds is 0. The van der Waals surface area contributed by atoms with Gasteiger partial charge >= 0.3 is 0 Å². The van der Waals surface area contributed by atoms with E-state index in [1.165, 1.54) is 0 Å². The number of anilines is 2. The topological polar surface area (TPSA) is 58.2 Å². The van der Waals surface area contributed by atoms with Crippen LogP contribution in [0.1, 0.15) is 11.1 Å². The van der Waals surface area contributed by atoms with Gasteiger partial charge in [-0.3, -0.25) is 9.59 Å². The zero-order valence-corrected chi connectivity index (χ0v) is 12.4. The van der Waals surface area contributed by atoms with Crippen molar-refractivity contribution >= 4 is 34.8 Å². The summed E-state index contributed by atoms with van der Waals surface area (Å²) in [4.78, 5) is 25.3. The fourth-order valence-corrected chi connectivity index (χ4v) is 3.44. The molecule has 110 valence electrons. The molecule has 22 heavy (non-hydrogen) atoms. The van der Waals surface area contributed by atoms with Gasteiger partial charge in [0.25, 0.3) is 0 Å². The average Bonchev–Trinajstić information content (AvgIpc) is 2.50. The predicted octanol–water partition coefficient (Wildman–Crippen LogP) is 3.02. The number of para-hydroxylation sites is 1. The van der Waals surface area contributed by atoms with Crippen LogP contribution in [-0.4, -0.2) is 11.8 Å². The smallest absolute Gasteiger partial charge is 0.240 e. The van der Waals surface area contributed by atoms with E-state index in [2.05, 4.69) is 10.6 Å². The summed E-state index contributed by atoms with van der Waals surface area (Å²) >= 11 is 6.04. The van der Waals surface area contributed by atoms with E-state index in [1.807, 2.05) is 30.3 Å². The fourth-order valence-electron chi connectivity index (χ4n) is 3.25. The van der Waals surface area contributed by atoms with Gasteiger partial charge in [0.2, 0.25) is 11.8 Å². The van der Waals surface area contributed by atoms with Gasteiger partial charge in [0.15, 0.2) is 0 Å². The Bertz CT molecular complexity index is 818. The van der Waals surface area contributed by atoms with Crippen molar-refractivity contribution in [1.29, 1.82) is 0 Å². The normalized spacial score (nSPS) is 22.6. The van der Waals surface area contributed by atoms with E-state index < -0.39 is 5.41 Å². The van der Waals surface area contributed by atoms with E-state index in [0.29, 0.717) is 17.9 Å². The summed E-state index contributed by atoms with van der Waals surface area (Å²) in [6.45, 7) is 0. The van der Waals surface area contributed by atoms with Crippen LogP contribution in [-0.2, 0) is 22.4 Å². The van der Waals surface area contributed by atoms with Crippen LogP contribution in [0.4, 0.5) is 11.4 Å². The molecule has 0 saturated carbocycles. The minimum Gasteiger partial charge on any atom is -0.325 e. The predicted molar refractivity (Wildman–Crippen MR) is 85.0 cm³/mol. The largest absolute Gasteiger partial charge is 0.325 e. The van der Waals surface area contributed by atoms with Crippen LogP contribution in [0.25, 0.3) is 0 Å². The van der Waals surface area contributed by atoms with Crippen LogP contribution in [0, 0.1) is 5.41 Å². The van der Waals surface area contributed by atoms with Gasteiger partial charge in [-0.1, -0.05) is 29.8 Å². The zero-order valence-electron chi connectivity index (χ0n) is 11.7. The Morgan fingerprint density at radius 2 is 1.50 bits per heavy atom. The summed E-state index contributed by atoms with van der Waals surface area (Å²) in [5.74, 6) is -0.511. The van der Waals surface area contributed by atoms with E-state index in [0.717, 1.165) is 22.5 Å². The summed E-state index contributed by atoms with van der Waals surface area (Å²) in [6, 6.07) is 12.9. The van der Waals surface area contributed by atoms with Gasteiger partial charge in [-0.05, 0) is 48.2 Å². The van der Waals surface area contributed by atoms with Gasteiger partial charge in [0, 0.05) is 16.4 Å². The molecule has 4 nitrogen and oxygen atoms in total. The first-order chi connectivity index (χ1) is 10.6. The molecule has 1 atom stereocenters. The molecule has 0 aliphatic carbocycles. The number of carbonyl (C=O) groups excluding carboxylic acids is 2. The fraction of sp³-hybridized carbons (Fsp3) is 0.176. The molecule has 4 rings (SSSR count). The first-order valence-electron chi connectivity index (χ1n) is 7.08.